The van der Waals surface area contributed by atoms with Crippen LogP contribution < -0.4 is 16.4 Å². The summed E-state index contributed by atoms with van der Waals surface area (Å²) in [6.45, 7) is 0. The van der Waals surface area contributed by atoms with Crippen LogP contribution in [-0.4, -0.2) is 16.8 Å². The lowest BCUT2D eigenvalue weighted by molar-refractivity contribution is 0.0997. The van der Waals surface area contributed by atoms with Gasteiger partial charge in [0, 0.05) is 11.1 Å². The van der Waals surface area contributed by atoms with Crippen LogP contribution in [0.4, 0.5) is 15.8 Å². The van der Waals surface area contributed by atoms with Crippen molar-refractivity contribution in [3.63, 3.8) is 0 Å². The second-order valence-electron chi connectivity index (χ2n) is 5.71. The standard InChI is InChI=1S/C19H14N4O2S2/c20-16(24)15-18(23-17(25)13-7-8-26-10-13)27-19(22-15)21-14-6-5-11-3-1-2-4-12(11)9-14/h1-10H,(H2,20,24)(H,21,22)(H,23,25). The highest BCUT2D eigenvalue weighted by molar-refractivity contribution is 7.20. The number of thiazole rings is 1. The van der Waals surface area contributed by atoms with Crippen LogP contribution in [0.3, 0.4) is 0 Å². The lowest BCUT2D eigenvalue weighted by Gasteiger charge is -2.04. The number of hydrogen-bond donors (Lipinski definition) is 3. The fraction of sp³-hybridized carbons (Fsp3) is 0. The molecule has 4 rings (SSSR count). The van der Waals surface area contributed by atoms with Gasteiger partial charge in [0.15, 0.2) is 10.8 Å². The molecule has 0 saturated heterocycles. The van der Waals surface area contributed by atoms with Crippen LogP contribution in [0.2, 0.25) is 0 Å². The van der Waals surface area contributed by atoms with E-state index >= 15 is 0 Å². The Bertz CT molecular complexity index is 1140. The van der Waals surface area contributed by atoms with Gasteiger partial charge in [0.2, 0.25) is 0 Å². The number of nitrogens with zero attached hydrogens (tertiary/aromatic N) is 1. The summed E-state index contributed by atoms with van der Waals surface area (Å²) in [6, 6.07) is 15.6. The zero-order valence-corrected chi connectivity index (χ0v) is 15.6. The zero-order chi connectivity index (χ0) is 18.8. The number of carbonyl (C=O) groups is 2. The molecule has 2 aromatic carbocycles. The van der Waals surface area contributed by atoms with E-state index in [0.29, 0.717) is 15.7 Å². The lowest BCUT2D eigenvalue weighted by atomic mass is 10.1. The Morgan fingerprint density at radius 3 is 2.59 bits per heavy atom. The van der Waals surface area contributed by atoms with Gasteiger partial charge in [-0.25, -0.2) is 4.98 Å². The van der Waals surface area contributed by atoms with Gasteiger partial charge in [-0.1, -0.05) is 41.7 Å². The lowest BCUT2D eigenvalue weighted by Crippen LogP contribution is -2.17. The summed E-state index contributed by atoms with van der Waals surface area (Å²) < 4.78 is 0. The van der Waals surface area contributed by atoms with E-state index in [1.807, 2.05) is 47.8 Å². The fourth-order valence-electron chi connectivity index (χ4n) is 2.58. The highest BCUT2D eigenvalue weighted by atomic mass is 32.1. The Balaban J connectivity index is 1.61. The first-order valence-electron chi connectivity index (χ1n) is 8.00. The average Bonchev–Trinajstić information content (AvgIpc) is 3.32. The van der Waals surface area contributed by atoms with E-state index in [1.165, 1.54) is 11.3 Å². The summed E-state index contributed by atoms with van der Waals surface area (Å²) in [4.78, 5) is 28.2. The maximum atomic E-state index is 12.3. The Morgan fingerprint density at radius 2 is 1.85 bits per heavy atom. The van der Waals surface area contributed by atoms with Gasteiger partial charge < -0.3 is 16.4 Å². The molecule has 0 aliphatic rings. The third-order valence-corrected chi connectivity index (χ3v) is 5.44. The van der Waals surface area contributed by atoms with Crippen LogP contribution in [0.25, 0.3) is 10.8 Å². The maximum Gasteiger partial charge on any atom is 0.270 e. The second-order valence-corrected chi connectivity index (χ2v) is 7.49. The number of amides is 2. The van der Waals surface area contributed by atoms with Crippen molar-refractivity contribution < 1.29 is 9.59 Å². The molecule has 0 aliphatic carbocycles. The summed E-state index contributed by atoms with van der Waals surface area (Å²) in [5.41, 5.74) is 6.80. The molecular formula is C19H14N4O2S2. The highest BCUT2D eigenvalue weighted by Crippen LogP contribution is 2.31. The summed E-state index contributed by atoms with van der Waals surface area (Å²) in [6.07, 6.45) is 0. The molecule has 0 aliphatic heterocycles. The van der Waals surface area contributed by atoms with Crippen molar-refractivity contribution in [2.45, 2.75) is 0 Å². The first-order chi connectivity index (χ1) is 13.1. The first-order valence-corrected chi connectivity index (χ1v) is 9.76. The maximum absolute atomic E-state index is 12.3. The Labute approximate surface area is 162 Å². The van der Waals surface area contributed by atoms with Gasteiger partial charge in [-0.05, 0) is 34.4 Å². The van der Waals surface area contributed by atoms with Crippen molar-refractivity contribution in [3.8, 4) is 0 Å². The quantitative estimate of drug-likeness (QED) is 0.466. The molecule has 0 atom stereocenters. The molecule has 2 amide bonds. The molecule has 0 bridgehead atoms. The molecule has 4 aromatic rings. The van der Waals surface area contributed by atoms with E-state index in [0.717, 1.165) is 27.8 Å². The minimum absolute atomic E-state index is 0.0341. The number of anilines is 3. The Hall–Kier alpha value is -3.23. The first kappa shape index (κ1) is 17.2. The van der Waals surface area contributed by atoms with Crippen LogP contribution >= 0.6 is 22.7 Å². The molecule has 0 saturated carbocycles. The summed E-state index contributed by atoms with van der Waals surface area (Å²) in [7, 11) is 0. The summed E-state index contributed by atoms with van der Waals surface area (Å²) in [5.74, 6) is -1.00. The number of carbonyl (C=O) groups excluding carboxylic acids is 2. The summed E-state index contributed by atoms with van der Waals surface area (Å²) >= 11 is 2.58. The average molecular weight is 394 g/mol. The van der Waals surface area contributed by atoms with Crippen LogP contribution in [0.1, 0.15) is 20.8 Å². The van der Waals surface area contributed by atoms with Gasteiger partial charge >= 0.3 is 0 Å². The summed E-state index contributed by atoms with van der Waals surface area (Å²) in [5, 5.41) is 12.4. The Morgan fingerprint density at radius 1 is 1.04 bits per heavy atom. The highest BCUT2D eigenvalue weighted by Gasteiger charge is 2.19. The van der Waals surface area contributed by atoms with Crippen molar-refractivity contribution in [1.29, 1.82) is 0 Å². The zero-order valence-electron chi connectivity index (χ0n) is 13.9. The second kappa shape index (κ2) is 7.18. The van der Waals surface area contributed by atoms with Gasteiger partial charge in [-0.15, -0.1) is 0 Å². The molecule has 6 nitrogen and oxygen atoms in total. The number of primary amides is 1. The third kappa shape index (κ3) is 3.67. The molecule has 134 valence electrons. The van der Waals surface area contributed by atoms with Crippen molar-refractivity contribution in [2.75, 3.05) is 10.6 Å². The predicted octanol–water partition coefficient (Wildman–Crippen LogP) is 4.45. The molecular weight excluding hydrogens is 380 g/mol. The number of nitrogens with one attached hydrogen (secondary N) is 2. The van der Waals surface area contributed by atoms with Gasteiger partial charge in [0.1, 0.15) is 5.00 Å². The molecule has 2 aromatic heterocycles. The van der Waals surface area contributed by atoms with Gasteiger partial charge in [0.05, 0.1) is 5.56 Å². The molecule has 0 radical (unpaired) electrons. The largest absolute Gasteiger partial charge is 0.364 e. The molecule has 0 fully saturated rings. The van der Waals surface area contributed by atoms with E-state index < -0.39 is 5.91 Å². The molecule has 27 heavy (non-hydrogen) atoms. The van der Waals surface area contributed by atoms with Crippen LogP contribution in [-0.2, 0) is 0 Å². The third-order valence-electron chi connectivity index (χ3n) is 3.87. The SMILES string of the molecule is NC(=O)c1nc(Nc2ccc3ccccc3c2)sc1NC(=O)c1ccsc1. The van der Waals surface area contributed by atoms with E-state index in [2.05, 4.69) is 15.6 Å². The predicted molar refractivity (Wildman–Crippen MR) is 110 cm³/mol. The van der Waals surface area contributed by atoms with Crippen LogP contribution in [0, 0.1) is 0 Å². The van der Waals surface area contributed by atoms with Crippen molar-refractivity contribution >= 4 is 61.1 Å². The molecule has 8 heteroatoms. The smallest absolute Gasteiger partial charge is 0.270 e. The molecule has 0 unspecified atom stereocenters. The van der Waals surface area contributed by atoms with Crippen molar-refractivity contribution in [1.82, 2.24) is 4.98 Å². The van der Waals surface area contributed by atoms with E-state index in [-0.39, 0.29) is 11.6 Å². The van der Waals surface area contributed by atoms with Crippen molar-refractivity contribution in [3.05, 3.63) is 70.5 Å². The van der Waals surface area contributed by atoms with Gasteiger partial charge in [-0.3, -0.25) is 9.59 Å². The number of benzene rings is 2. The number of fused-ring (bicyclic) bond motifs is 1. The van der Waals surface area contributed by atoms with E-state index in [4.69, 9.17) is 5.73 Å². The van der Waals surface area contributed by atoms with Crippen LogP contribution in [0.15, 0.2) is 59.3 Å². The number of hydrogen-bond acceptors (Lipinski definition) is 6. The van der Waals surface area contributed by atoms with E-state index in [9.17, 15) is 9.59 Å². The number of nitrogens with two attached hydrogens (primary N) is 1. The molecule has 2 heterocycles. The number of rotatable bonds is 5. The fourth-order valence-corrected chi connectivity index (χ4v) is 4.11. The normalized spacial score (nSPS) is 10.7. The molecule has 4 N–H and O–H groups in total. The monoisotopic (exact) mass is 394 g/mol. The Kier molecular flexibility index (Phi) is 4.57. The molecule has 0 spiro atoms. The van der Waals surface area contributed by atoms with Gasteiger partial charge in [0.25, 0.3) is 11.8 Å². The van der Waals surface area contributed by atoms with E-state index in [1.54, 1.807) is 11.4 Å². The number of aromatic nitrogens is 1. The van der Waals surface area contributed by atoms with Crippen LogP contribution in [0.5, 0.6) is 0 Å². The van der Waals surface area contributed by atoms with Crippen molar-refractivity contribution in [2.24, 2.45) is 5.73 Å². The minimum atomic E-state index is -0.696. The minimum Gasteiger partial charge on any atom is -0.364 e. The van der Waals surface area contributed by atoms with Gasteiger partial charge in [-0.2, -0.15) is 11.3 Å². The number of thiophene rings is 1. The topological polar surface area (TPSA) is 97.1 Å².